The third-order valence-corrected chi connectivity index (χ3v) is 4.07. The zero-order valence-corrected chi connectivity index (χ0v) is 7.13. The van der Waals surface area contributed by atoms with E-state index in [0.29, 0.717) is 0 Å². The first-order valence-electron chi connectivity index (χ1n) is 5.23. The van der Waals surface area contributed by atoms with Crippen molar-refractivity contribution in [3.05, 3.63) is 6.42 Å². The third-order valence-electron chi connectivity index (χ3n) is 4.07. The predicted molar refractivity (Wildman–Crippen MR) is 46.0 cm³/mol. The Morgan fingerprint density at radius 1 is 0.727 bits per heavy atom. The van der Waals surface area contributed by atoms with Crippen LogP contribution in [0.5, 0.6) is 0 Å². The van der Waals surface area contributed by atoms with Crippen LogP contribution in [0, 0.1) is 30.1 Å². The van der Waals surface area contributed by atoms with E-state index in [2.05, 4.69) is 6.42 Å². The van der Waals surface area contributed by atoms with Gasteiger partial charge in [-0.15, -0.1) is 0 Å². The molecule has 0 aromatic rings. The Hall–Kier alpha value is 0. The molecule has 0 aliphatic heterocycles. The van der Waals surface area contributed by atoms with Gasteiger partial charge in [-0.1, -0.05) is 0 Å². The molecule has 0 heterocycles. The van der Waals surface area contributed by atoms with Crippen LogP contribution in [0.4, 0.5) is 0 Å². The average molecular weight is 149 g/mol. The van der Waals surface area contributed by atoms with Gasteiger partial charge in [0.25, 0.3) is 0 Å². The van der Waals surface area contributed by atoms with Gasteiger partial charge < -0.3 is 0 Å². The molecule has 0 heteroatoms. The van der Waals surface area contributed by atoms with E-state index in [-0.39, 0.29) is 0 Å². The first-order valence-corrected chi connectivity index (χ1v) is 5.23. The summed E-state index contributed by atoms with van der Waals surface area (Å²) < 4.78 is 0. The van der Waals surface area contributed by atoms with E-state index >= 15 is 0 Å². The highest BCUT2D eigenvalue weighted by Gasteiger charge is 2.38. The van der Waals surface area contributed by atoms with Gasteiger partial charge in [0.1, 0.15) is 0 Å². The molecule has 4 aliphatic carbocycles. The van der Waals surface area contributed by atoms with Gasteiger partial charge in [-0.2, -0.15) is 0 Å². The van der Waals surface area contributed by atoms with Crippen molar-refractivity contribution in [2.45, 2.75) is 38.5 Å². The molecule has 0 saturated heterocycles. The molecule has 61 valence electrons. The van der Waals surface area contributed by atoms with E-state index < -0.39 is 0 Å². The van der Waals surface area contributed by atoms with Crippen LogP contribution < -0.4 is 0 Å². The molecule has 11 heavy (non-hydrogen) atoms. The molecule has 0 aromatic heterocycles. The Labute approximate surface area is 69.4 Å². The Balaban J connectivity index is 1.90. The molecule has 0 nitrogen and oxygen atoms in total. The zero-order valence-electron chi connectivity index (χ0n) is 7.13. The summed E-state index contributed by atoms with van der Waals surface area (Å²) in [5.41, 5.74) is 0. The molecule has 0 aromatic carbocycles. The smallest absolute Gasteiger partial charge is 0.0352 e. The Kier molecular flexibility index (Phi) is 1.33. The van der Waals surface area contributed by atoms with Crippen LogP contribution in [-0.2, 0) is 0 Å². The lowest BCUT2D eigenvalue weighted by atomic mass is 9.68. The van der Waals surface area contributed by atoms with Crippen molar-refractivity contribution in [1.29, 1.82) is 0 Å². The normalized spacial score (nSPS) is 54.5. The van der Waals surface area contributed by atoms with Gasteiger partial charge in [-0.05, 0) is 68.6 Å². The van der Waals surface area contributed by atoms with Crippen LogP contribution in [0.2, 0.25) is 0 Å². The molecule has 2 unspecified atom stereocenters. The highest BCUT2D eigenvalue weighted by atomic mass is 14.4. The van der Waals surface area contributed by atoms with E-state index in [1.807, 2.05) is 0 Å². The average Bonchev–Trinajstić information content (AvgIpc) is 2.18. The standard InChI is InChI=1S/C11H17/c1-2-9-5-10-3-8(1)4-11(6-9)7-10/h1,8-11H,2-7H2. The fourth-order valence-corrected chi connectivity index (χ4v) is 3.81. The molecule has 0 spiro atoms. The minimum absolute atomic E-state index is 1.03. The first kappa shape index (κ1) is 6.51. The van der Waals surface area contributed by atoms with Crippen LogP contribution in [0.25, 0.3) is 0 Å². The quantitative estimate of drug-likeness (QED) is 0.496. The summed E-state index contributed by atoms with van der Waals surface area (Å²) in [6.45, 7) is 0. The Morgan fingerprint density at radius 3 is 2.09 bits per heavy atom. The SMILES string of the molecule is [CH]1CC2CC3CC1CC(C2)C3. The van der Waals surface area contributed by atoms with Gasteiger partial charge in [0.05, 0.1) is 0 Å². The van der Waals surface area contributed by atoms with Crippen molar-refractivity contribution < 1.29 is 0 Å². The van der Waals surface area contributed by atoms with Crippen molar-refractivity contribution in [2.24, 2.45) is 23.7 Å². The lowest BCUT2D eigenvalue weighted by Crippen LogP contribution is -2.26. The molecular weight excluding hydrogens is 132 g/mol. The maximum Gasteiger partial charge on any atom is -0.0352 e. The van der Waals surface area contributed by atoms with Crippen molar-refractivity contribution in [1.82, 2.24) is 0 Å². The van der Waals surface area contributed by atoms with Gasteiger partial charge in [-0.25, -0.2) is 0 Å². The van der Waals surface area contributed by atoms with Crippen LogP contribution in [0.15, 0.2) is 0 Å². The van der Waals surface area contributed by atoms with Crippen molar-refractivity contribution in [3.63, 3.8) is 0 Å². The van der Waals surface area contributed by atoms with Crippen LogP contribution >= 0.6 is 0 Å². The molecule has 2 atom stereocenters. The summed E-state index contributed by atoms with van der Waals surface area (Å²) in [4.78, 5) is 0. The van der Waals surface area contributed by atoms with Crippen molar-refractivity contribution in [3.8, 4) is 0 Å². The predicted octanol–water partition coefficient (Wildman–Crippen LogP) is 3.04. The summed E-state index contributed by atoms with van der Waals surface area (Å²) in [7, 11) is 0. The maximum absolute atomic E-state index is 2.64. The molecular formula is C11H17. The highest BCUT2D eigenvalue weighted by Crippen LogP contribution is 2.50. The van der Waals surface area contributed by atoms with Crippen molar-refractivity contribution >= 4 is 0 Å². The molecule has 1 radical (unpaired) electrons. The van der Waals surface area contributed by atoms with Gasteiger partial charge in [0, 0.05) is 0 Å². The van der Waals surface area contributed by atoms with Crippen LogP contribution in [0.3, 0.4) is 0 Å². The number of hydrogen-bond acceptors (Lipinski definition) is 0. The second-order valence-electron chi connectivity index (χ2n) is 5.01. The van der Waals surface area contributed by atoms with Gasteiger partial charge in [-0.3, -0.25) is 0 Å². The number of rotatable bonds is 0. The van der Waals surface area contributed by atoms with Gasteiger partial charge >= 0.3 is 0 Å². The summed E-state index contributed by atoms with van der Waals surface area (Å²) >= 11 is 0. The molecule has 4 fully saturated rings. The fourth-order valence-electron chi connectivity index (χ4n) is 3.81. The molecule has 4 aliphatic rings. The topological polar surface area (TPSA) is 0 Å². The lowest BCUT2D eigenvalue weighted by Gasteiger charge is -2.38. The summed E-state index contributed by atoms with van der Waals surface area (Å²) in [5, 5.41) is 0. The minimum Gasteiger partial charge on any atom is -0.0475 e. The van der Waals surface area contributed by atoms with Gasteiger partial charge in [0.15, 0.2) is 0 Å². The summed E-state index contributed by atoms with van der Waals surface area (Å²) in [5.74, 6) is 4.41. The largest absolute Gasteiger partial charge is 0.0475 e. The third kappa shape index (κ3) is 1.02. The summed E-state index contributed by atoms with van der Waals surface area (Å²) in [6.07, 6.45) is 11.9. The zero-order chi connectivity index (χ0) is 7.26. The van der Waals surface area contributed by atoms with Crippen LogP contribution in [-0.4, -0.2) is 0 Å². The van der Waals surface area contributed by atoms with E-state index in [9.17, 15) is 0 Å². The monoisotopic (exact) mass is 149 g/mol. The minimum atomic E-state index is 1.03. The maximum atomic E-state index is 2.64. The van der Waals surface area contributed by atoms with Crippen molar-refractivity contribution in [2.75, 3.05) is 0 Å². The lowest BCUT2D eigenvalue weighted by molar-refractivity contribution is 0.137. The number of hydrogen-bond donors (Lipinski definition) is 0. The number of fused-ring (bicyclic) bond motifs is 1. The second-order valence-corrected chi connectivity index (χ2v) is 5.01. The first-order chi connectivity index (χ1) is 5.40. The Morgan fingerprint density at radius 2 is 1.36 bits per heavy atom. The second kappa shape index (κ2) is 2.24. The summed E-state index contributed by atoms with van der Waals surface area (Å²) in [6, 6.07) is 0. The van der Waals surface area contributed by atoms with E-state index in [0.717, 1.165) is 23.7 Å². The molecule has 4 saturated carbocycles. The van der Waals surface area contributed by atoms with Gasteiger partial charge in [0.2, 0.25) is 0 Å². The Bertz CT molecular complexity index is 127. The van der Waals surface area contributed by atoms with E-state index in [4.69, 9.17) is 0 Å². The van der Waals surface area contributed by atoms with E-state index in [1.54, 1.807) is 32.1 Å². The van der Waals surface area contributed by atoms with E-state index in [1.165, 1.54) is 6.42 Å². The fraction of sp³-hybridized carbons (Fsp3) is 0.909. The molecule has 0 amide bonds. The highest BCUT2D eigenvalue weighted by molar-refractivity contribution is 4.97. The molecule has 4 rings (SSSR count). The molecule has 0 N–H and O–H groups in total. The molecule has 4 bridgehead atoms. The van der Waals surface area contributed by atoms with Crippen LogP contribution in [0.1, 0.15) is 38.5 Å².